The fourth-order valence-electron chi connectivity index (χ4n) is 3.12. The van der Waals surface area contributed by atoms with Crippen LogP contribution in [0.5, 0.6) is 0 Å². The van der Waals surface area contributed by atoms with Crippen LogP contribution in [0.15, 0.2) is 30.3 Å². The van der Waals surface area contributed by atoms with Gasteiger partial charge < -0.3 is 5.32 Å². The van der Waals surface area contributed by atoms with Gasteiger partial charge in [-0.2, -0.15) is 0 Å². The van der Waals surface area contributed by atoms with Crippen molar-refractivity contribution >= 4 is 5.91 Å². The Hall–Kier alpha value is -1.35. The summed E-state index contributed by atoms with van der Waals surface area (Å²) in [6.45, 7) is 8.27. The van der Waals surface area contributed by atoms with Crippen LogP contribution >= 0.6 is 0 Å². The lowest BCUT2D eigenvalue weighted by molar-refractivity contribution is -0.127. The monoisotopic (exact) mass is 302 g/mol. The number of likely N-dealkylation sites (tertiary alicyclic amines) is 1. The van der Waals surface area contributed by atoms with Crippen LogP contribution in [0.3, 0.4) is 0 Å². The zero-order valence-corrected chi connectivity index (χ0v) is 14.2. The molecule has 0 aliphatic carbocycles. The Labute approximate surface area is 135 Å². The summed E-state index contributed by atoms with van der Waals surface area (Å²) in [7, 11) is 0. The van der Waals surface area contributed by atoms with Crippen molar-refractivity contribution in [3.63, 3.8) is 0 Å². The minimum atomic E-state index is -0.00771. The first-order valence-electron chi connectivity index (χ1n) is 8.68. The summed E-state index contributed by atoms with van der Waals surface area (Å²) >= 11 is 0. The smallest absolute Gasteiger partial charge is 0.237 e. The zero-order valence-electron chi connectivity index (χ0n) is 14.2. The van der Waals surface area contributed by atoms with Crippen LogP contribution in [0.25, 0.3) is 0 Å². The Morgan fingerprint density at radius 3 is 2.45 bits per heavy atom. The van der Waals surface area contributed by atoms with Crippen LogP contribution in [0.2, 0.25) is 0 Å². The molecule has 0 aromatic heterocycles. The van der Waals surface area contributed by atoms with Crippen molar-refractivity contribution in [3.8, 4) is 0 Å². The Bertz CT molecular complexity index is 452. The first kappa shape index (κ1) is 17.0. The third kappa shape index (κ3) is 4.84. The molecule has 1 fully saturated rings. The minimum absolute atomic E-state index is 0.00771. The van der Waals surface area contributed by atoms with Gasteiger partial charge in [0.05, 0.1) is 6.04 Å². The maximum Gasteiger partial charge on any atom is 0.237 e. The number of rotatable bonds is 6. The largest absolute Gasteiger partial charge is 0.352 e. The Balaban J connectivity index is 1.77. The van der Waals surface area contributed by atoms with Gasteiger partial charge in [-0.1, -0.05) is 37.3 Å². The van der Waals surface area contributed by atoms with E-state index in [2.05, 4.69) is 54.4 Å². The second-order valence-electron chi connectivity index (χ2n) is 6.66. The minimum Gasteiger partial charge on any atom is -0.352 e. The molecule has 0 radical (unpaired) electrons. The first-order valence-corrected chi connectivity index (χ1v) is 8.68. The number of carbonyl (C=O) groups is 1. The number of carbonyl (C=O) groups excluding carboxylic acids is 1. The number of hydrogen-bond acceptors (Lipinski definition) is 2. The summed E-state index contributed by atoms with van der Waals surface area (Å²) in [5, 5.41) is 3.10. The molecule has 0 unspecified atom stereocenters. The fourth-order valence-corrected chi connectivity index (χ4v) is 3.12. The van der Waals surface area contributed by atoms with Crippen LogP contribution in [-0.4, -0.2) is 36.0 Å². The molecule has 0 saturated carbocycles. The van der Waals surface area contributed by atoms with Crippen molar-refractivity contribution in [2.75, 3.05) is 13.1 Å². The molecule has 122 valence electrons. The van der Waals surface area contributed by atoms with Crippen molar-refractivity contribution in [1.82, 2.24) is 10.2 Å². The van der Waals surface area contributed by atoms with Gasteiger partial charge in [-0.15, -0.1) is 0 Å². The number of benzene rings is 1. The lowest BCUT2D eigenvalue weighted by atomic mass is 9.89. The molecule has 1 saturated heterocycles. The molecular formula is C19H30N2O. The van der Waals surface area contributed by atoms with Crippen LogP contribution in [-0.2, 0) is 11.2 Å². The predicted octanol–water partition coefficient (Wildman–Crippen LogP) is 3.24. The highest BCUT2D eigenvalue weighted by molar-refractivity contribution is 5.81. The fraction of sp³-hybridized carbons (Fsp3) is 0.632. The van der Waals surface area contributed by atoms with Gasteiger partial charge in [0.2, 0.25) is 5.91 Å². The lowest BCUT2D eigenvalue weighted by Crippen LogP contribution is -2.50. The van der Waals surface area contributed by atoms with Crippen molar-refractivity contribution in [2.45, 2.75) is 58.5 Å². The van der Waals surface area contributed by atoms with Crippen LogP contribution in [0, 0.1) is 5.92 Å². The van der Waals surface area contributed by atoms with E-state index in [1.165, 1.54) is 24.8 Å². The molecule has 0 spiro atoms. The summed E-state index contributed by atoms with van der Waals surface area (Å²) in [6, 6.07) is 11.0. The van der Waals surface area contributed by atoms with Gasteiger partial charge in [0, 0.05) is 6.04 Å². The maximum atomic E-state index is 12.2. The molecule has 1 aromatic rings. The molecule has 1 amide bonds. The van der Waals surface area contributed by atoms with E-state index >= 15 is 0 Å². The molecule has 1 aliphatic rings. The van der Waals surface area contributed by atoms with E-state index in [4.69, 9.17) is 0 Å². The van der Waals surface area contributed by atoms with Gasteiger partial charge in [0.25, 0.3) is 0 Å². The van der Waals surface area contributed by atoms with Gasteiger partial charge in [-0.25, -0.2) is 0 Å². The SMILES string of the molecule is CC[C@H](C)NC(=O)[C@H](C)N1CCC(Cc2ccccc2)CC1. The van der Waals surface area contributed by atoms with E-state index < -0.39 is 0 Å². The van der Waals surface area contributed by atoms with Gasteiger partial charge in [-0.05, 0) is 64.1 Å². The van der Waals surface area contributed by atoms with E-state index in [9.17, 15) is 4.79 Å². The molecule has 1 aromatic carbocycles. The van der Waals surface area contributed by atoms with Gasteiger partial charge in [0.15, 0.2) is 0 Å². The van der Waals surface area contributed by atoms with Crippen LogP contribution < -0.4 is 5.32 Å². The summed E-state index contributed by atoms with van der Waals surface area (Å²) in [6.07, 6.45) is 4.53. The molecule has 2 rings (SSSR count). The van der Waals surface area contributed by atoms with E-state index in [0.717, 1.165) is 25.4 Å². The second kappa shape index (κ2) is 8.33. The van der Waals surface area contributed by atoms with Crippen molar-refractivity contribution in [3.05, 3.63) is 35.9 Å². The number of amides is 1. The summed E-state index contributed by atoms with van der Waals surface area (Å²) < 4.78 is 0. The van der Waals surface area contributed by atoms with E-state index in [1.807, 2.05) is 6.92 Å². The van der Waals surface area contributed by atoms with Crippen LogP contribution in [0.1, 0.15) is 45.6 Å². The Morgan fingerprint density at radius 1 is 1.23 bits per heavy atom. The normalized spacial score (nSPS) is 19.6. The van der Waals surface area contributed by atoms with Crippen LogP contribution in [0.4, 0.5) is 0 Å². The van der Waals surface area contributed by atoms with Crippen molar-refractivity contribution in [2.24, 2.45) is 5.92 Å². The number of hydrogen-bond donors (Lipinski definition) is 1. The highest BCUT2D eigenvalue weighted by Gasteiger charge is 2.26. The van der Waals surface area contributed by atoms with Crippen molar-refractivity contribution in [1.29, 1.82) is 0 Å². The number of piperidine rings is 1. The lowest BCUT2D eigenvalue weighted by Gasteiger charge is -2.35. The molecule has 22 heavy (non-hydrogen) atoms. The maximum absolute atomic E-state index is 12.2. The average molecular weight is 302 g/mol. The highest BCUT2D eigenvalue weighted by Crippen LogP contribution is 2.22. The van der Waals surface area contributed by atoms with E-state index in [0.29, 0.717) is 0 Å². The predicted molar refractivity (Wildman–Crippen MR) is 91.8 cm³/mol. The molecule has 3 heteroatoms. The highest BCUT2D eigenvalue weighted by atomic mass is 16.2. The third-order valence-electron chi connectivity index (χ3n) is 4.94. The number of nitrogens with zero attached hydrogens (tertiary/aromatic N) is 1. The molecule has 1 aliphatic heterocycles. The topological polar surface area (TPSA) is 32.3 Å². The summed E-state index contributed by atoms with van der Waals surface area (Å²) in [5.41, 5.74) is 1.43. The quantitative estimate of drug-likeness (QED) is 0.875. The molecule has 3 nitrogen and oxygen atoms in total. The van der Waals surface area contributed by atoms with Crippen molar-refractivity contribution < 1.29 is 4.79 Å². The van der Waals surface area contributed by atoms with Gasteiger partial charge in [-0.3, -0.25) is 9.69 Å². The van der Waals surface area contributed by atoms with Gasteiger partial charge >= 0.3 is 0 Å². The average Bonchev–Trinajstić information content (AvgIpc) is 2.55. The molecule has 2 atom stereocenters. The molecule has 1 heterocycles. The third-order valence-corrected chi connectivity index (χ3v) is 4.94. The summed E-state index contributed by atoms with van der Waals surface area (Å²) in [5.74, 6) is 0.930. The Morgan fingerprint density at radius 2 is 1.86 bits per heavy atom. The zero-order chi connectivity index (χ0) is 15.9. The first-order chi connectivity index (χ1) is 10.6. The van der Waals surface area contributed by atoms with Gasteiger partial charge in [0.1, 0.15) is 0 Å². The number of nitrogens with one attached hydrogen (secondary N) is 1. The molecule has 0 bridgehead atoms. The standard InChI is InChI=1S/C19H30N2O/c1-4-15(2)20-19(22)16(3)21-12-10-18(11-13-21)14-17-8-6-5-7-9-17/h5-9,15-16,18H,4,10-14H2,1-3H3,(H,20,22)/t15-,16-/m0/s1. The summed E-state index contributed by atoms with van der Waals surface area (Å²) in [4.78, 5) is 14.6. The molecule has 1 N–H and O–H groups in total. The van der Waals surface area contributed by atoms with E-state index in [-0.39, 0.29) is 18.0 Å². The molecular weight excluding hydrogens is 272 g/mol. The van der Waals surface area contributed by atoms with E-state index in [1.54, 1.807) is 0 Å². The second-order valence-corrected chi connectivity index (χ2v) is 6.66. The Kier molecular flexibility index (Phi) is 6.44.